The van der Waals surface area contributed by atoms with E-state index in [0.29, 0.717) is 42.4 Å². The Balaban J connectivity index is 1.74. The van der Waals surface area contributed by atoms with Gasteiger partial charge in [0.25, 0.3) is 0 Å². The number of benzene rings is 2. The Hall–Kier alpha value is -3.42. The van der Waals surface area contributed by atoms with Crippen LogP contribution in [0.5, 0.6) is 5.75 Å². The zero-order chi connectivity index (χ0) is 24.9. The molecule has 0 radical (unpaired) electrons. The molecule has 0 aromatic heterocycles. The molecule has 0 aliphatic carbocycles. The molecule has 0 spiro atoms. The highest BCUT2D eigenvalue weighted by molar-refractivity contribution is 7.89. The Labute approximate surface area is 200 Å². The summed E-state index contributed by atoms with van der Waals surface area (Å²) in [6.07, 6.45) is 0.0211. The molecule has 10 heteroatoms. The number of hydrogen-bond acceptors (Lipinski definition) is 6. The second-order valence-corrected chi connectivity index (χ2v) is 9.67. The SMILES string of the molecule is CCOc1ccc(C#N)cc1NC(=O)C1CC(=O)N(c2ccc(S(=O)(=O)N(CC)CC)cc2)C1. The number of hydrogen-bond donors (Lipinski definition) is 1. The Morgan fingerprint density at radius 3 is 2.44 bits per heavy atom. The van der Waals surface area contributed by atoms with Gasteiger partial charge in [0.05, 0.1) is 34.7 Å². The average Bonchev–Trinajstić information content (AvgIpc) is 3.22. The van der Waals surface area contributed by atoms with E-state index in [1.165, 1.54) is 27.4 Å². The fourth-order valence-corrected chi connectivity index (χ4v) is 5.31. The van der Waals surface area contributed by atoms with Crippen molar-refractivity contribution in [3.8, 4) is 11.8 Å². The number of rotatable bonds is 9. The van der Waals surface area contributed by atoms with Gasteiger partial charge in [-0.2, -0.15) is 9.57 Å². The first-order valence-electron chi connectivity index (χ1n) is 11.1. The van der Waals surface area contributed by atoms with Crippen molar-refractivity contribution in [2.24, 2.45) is 5.92 Å². The molecule has 2 aromatic rings. The van der Waals surface area contributed by atoms with Gasteiger partial charge < -0.3 is 15.0 Å². The van der Waals surface area contributed by atoms with Crippen molar-refractivity contribution in [2.45, 2.75) is 32.1 Å². The van der Waals surface area contributed by atoms with E-state index in [9.17, 15) is 18.0 Å². The van der Waals surface area contributed by atoms with Crippen LogP contribution in [0, 0.1) is 17.2 Å². The maximum atomic E-state index is 12.9. The van der Waals surface area contributed by atoms with Gasteiger partial charge in [-0.3, -0.25) is 9.59 Å². The summed E-state index contributed by atoms with van der Waals surface area (Å²) >= 11 is 0. The lowest BCUT2D eigenvalue weighted by Crippen LogP contribution is -2.31. The summed E-state index contributed by atoms with van der Waals surface area (Å²) in [5.74, 6) is -0.740. The first-order valence-corrected chi connectivity index (χ1v) is 12.6. The molecule has 1 heterocycles. The summed E-state index contributed by atoms with van der Waals surface area (Å²) < 4.78 is 32.3. The van der Waals surface area contributed by atoms with Crippen LogP contribution >= 0.6 is 0 Å². The average molecular weight is 485 g/mol. The van der Waals surface area contributed by atoms with E-state index in [2.05, 4.69) is 5.32 Å². The molecule has 2 amide bonds. The van der Waals surface area contributed by atoms with Gasteiger partial charge in [-0.15, -0.1) is 0 Å². The van der Waals surface area contributed by atoms with Crippen molar-refractivity contribution in [2.75, 3.05) is 36.5 Å². The van der Waals surface area contributed by atoms with Gasteiger partial charge in [-0.25, -0.2) is 8.42 Å². The number of nitriles is 1. The van der Waals surface area contributed by atoms with E-state index in [-0.39, 0.29) is 29.7 Å². The Bertz CT molecular complexity index is 1200. The van der Waals surface area contributed by atoms with E-state index >= 15 is 0 Å². The van der Waals surface area contributed by atoms with Gasteiger partial charge >= 0.3 is 0 Å². The number of carbonyl (C=O) groups excluding carboxylic acids is 2. The van der Waals surface area contributed by atoms with E-state index in [4.69, 9.17) is 10.00 Å². The van der Waals surface area contributed by atoms with Crippen molar-refractivity contribution in [3.63, 3.8) is 0 Å². The molecule has 34 heavy (non-hydrogen) atoms. The van der Waals surface area contributed by atoms with Crippen LogP contribution in [0.15, 0.2) is 47.4 Å². The lowest BCUT2D eigenvalue weighted by molar-refractivity contribution is -0.122. The van der Waals surface area contributed by atoms with Crippen LogP contribution < -0.4 is 15.0 Å². The molecular weight excluding hydrogens is 456 g/mol. The van der Waals surface area contributed by atoms with Gasteiger partial charge in [-0.1, -0.05) is 13.8 Å². The predicted octanol–water partition coefficient (Wildman–Crippen LogP) is 2.98. The molecule has 180 valence electrons. The van der Waals surface area contributed by atoms with Gasteiger partial charge in [0, 0.05) is 31.7 Å². The highest BCUT2D eigenvalue weighted by Crippen LogP contribution is 2.30. The summed E-state index contributed by atoms with van der Waals surface area (Å²) in [5.41, 5.74) is 1.28. The Morgan fingerprint density at radius 1 is 1.18 bits per heavy atom. The van der Waals surface area contributed by atoms with Gasteiger partial charge in [0.2, 0.25) is 21.8 Å². The summed E-state index contributed by atoms with van der Waals surface area (Å²) in [7, 11) is -3.60. The Morgan fingerprint density at radius 2 is 1.85 bits per heavy atom. The molecule has 1 aliphatic heterocycles. The number of amides is 2. The van der Waals surface area contributed by atoms with Crippen LogP contribution in [-0.4, -0.2) is 50.8 Å². The van der Waals surface area contributed by atoms with E-state index in [1.807, 2.05) is 13.0 Å². The molecule has 1 aliphatic rings. The molecule has 1 N–H and O–H groups in total. The number of ether oxygens (including phenoxy) is 1. The van der Waals surface area contributed by atoms with Crippen molar-refractivity contribution >= 4 is 33.2 Å². The van der Waals surface area contributed by atoms with Crippen molar-refractivity contribution in [3.05, 3.63) is 48.0 Å². The topological polar surface area (TPSA) is 120 Å². The number of carbonyl (C=O) groups is 2. The van der Waals surface area contributed by atoms with Crippen LogP contribution in [0.2, 0.25) is 0 Å². The first kappa shape index (κ1) is 25.2. The lowest BCUT2D eigenvalue weighted by atomic mass is 10.1. The predicted molar refractivity (Wildman–Crippen MR) is 128 cm³/mol. The third-order valence-electron chi connectivity index (χ3n) is 5.65. The molecular formula is C24H28N4O5S. The summed E-state index contributed by atoms with van der Waals surface area (Å²) in [6.45, 7) is 6.65. The summed E-state index contributed by atoms with van der Waals surface area (Å²) in [5, 5.41) is 11.9. The highest BCUT2D eigenvalue weighted by Gasteiger charge is 2.35. The van der Waals surface area contributed by atoms with Crippen LogP contribution in [0.1, 0.15) is 32.8 Å². The molecule has 1 unspecified atom stereocenters. The molecule has 0 bridgehead atoms. The molecule has 2 aromatic carbocycles. The molecule has 3 rings (SSSR count). The monoisotopic (exact) mass is 484 g/mol. The van der Waals surface area contributed by atoms with Crippen molar-refractivity contribution < 1.29 is 22.7 Å². The van der Waals surface area contributed by atoms with Gasteiger partial charge in [0.15, 0.2) is 0 Å². The standard InChI is InChI=1S/C24H28N4O5S/c1-4-27(5-2)34(31,32)20-10-8-19(9-11-20)28-16-18(14-23(28)29)24(30)26-21-13-17(15-25)7-12-22(21)33-6-3/h7-13,18H,4-6,14,16H2,1-3H3,(H,26,30). The van der Waals surface area contributed by atoms with Crippen LogP contribution in [-0.2, 0) is 19.6 Å². The minimum atomic E-state index is -3.60. The molecule has 1 saturated heterocycles. The number of sulfonamides is 1. The minimum absolute atomic E-state index is 0.0211. The zero-order valence-corrected chi connectivity index (χ0v) is 20.3. The van der Waals surface area contributed by atoms with Gasteiger partial charge in [0.1, 0.15) is 5.75 Å². The van der Waals surface area contributed by atoms with Crippen molar-refractivity contribution in [1.29, 1.82) is 5.26 Å². The molecule has 1 atom stereocenters. The lowest BCUT2D eigenvalue weighted by Gasteiger charge is -2.20. The minimum Gasteiger partial charge on any atom is -0.492 e. The first-order chi connectivity index (χ1) is 16.2. The van der Waals surface area contributed by atoms with Gasteiger partial charge in [-0.05, 0) is 49.4 Å². The van der Waals surface area contributed by atoms with E-state index in [0.717, 1.165) is 0 Å². The van der Waals surface area contributed by atoms with E-state index < -0.39 is 15.9 Å². The Kier molecular flexibility index (Phi) is 7.91. The smallest absolute Gasteiger partial charge is 0.243 e. The summed E-state index contributed by atoms with van der Waals surface area (Å²) in [6, 6.07) is 12.9. The maximum Gasteiger partial charge on any atom is 0.243 e. The molecule has 0 saturated carbocycles. The fraction of sp³-hybridized carbons (Fsp3) is 0.375. The van der Waals surface area contributed by atoms with Crippen LogP contribution in [0.4, 0.5) is 11.4 Å². The number of anilines is 2. The molecule has 9 nitrogen and oxygen atoms in total. The highest BCUT2D eigenvalue weighted by atomic mass is 32.2. The third-order valence-corrected chi connectivity index (χ3v) is 7.72. The fourth-order valence-electron chi connectivity index (χ4n) is 3.86. The second kappa shape index (κ2) is 10.7. The second-order valence-electron chi connectivity index (χ2n) is 7.73. The number of nitrogens with zero attached hydrogens (tertiary/aromatic N) is 3. The maximum absolute atomic E-state index is 12.9. The number of nitrogens with one attached hydrogen (secondary N) is 1. The largest absolute Gasteiger partial charge is 0.492 e. The normalized spacial score (nSPS) is 15.9. The molecule has 1 fully saturated rings. The van der Waals surface area contributed by atoms with E-state index in [1.54, 1.807) is 38.1 Å². The van der Waals surface area contributed by atoms with Crippen LogP contribution in [0.3, 0.4) is 0 Å². The summed E-state index contributed by atoms with van der Waals surface area (Å²) in [4.78, 5) is 27.2. The zero-order valence-electron chi connectivity index (χ0n) is 19.4. The third kappa shape index (κ3) is 5.21. The van der Waals surface area contributed by atoms with Crippen molar-refractivity contribution in [1.82, 2.24) is 4.31 Å². The van der Waals surface area contributed by atoms with Crippen LogP contribution in [0.25, 0.3) is 0 Å². The quantitative estimate of drug-likeness (QED) is 0.584.